The van der Waals surface area contributed by atoms with Crippen LogP contribution in [0.5, 0.6) is 0 Å². The van der Waals surface area contributed by atoms with Gasteiger partial charge in [-0.3, -0.25) is 4.79 Å². The number of amides is 1. The molecule has 0 bridgehead atoms. The lowest BCUT2D eigenvalue weighted by atomic mass is 9.76. The molecule has 1 amide bonds. The fraction of sp³-hybridized carbons (Fsp3) is 0.938. The molecule has 1 fully saturated rings. The maximum absolute atomic E-state index is 11.6. The largest absolute Gasteiger partial charge is 0.383 e. The Bertz CT molecular complexity index is 287. The van der Waals surface area contributed by atoms with Crippen molar-refractivity contribution in [3.8, 4) is 0 Å². The summed E-state index contributed by atoms with van der Waals surface area (Å²) < 4.78 is 4.91. The van der Waals surface area contributed by atoms with E-state index >= 15 is 0 Å². The Hall–Kier alpha value is -0.610. The van der Waals surface area contributed by atoms with E-state index in [4.69, 9.17) is 4.74 Å². The maximum Gasteiger partial charge on any atom is 0.234 e. The highest BCUT2D eigenvalue weighted by molar-refractivity contribution is 5.77. The van der Waals surface area contributed by atoms with Gasteiger partial charge in [0.25, 0.3) is 0 Å². The molecular weight excluding hydrogens is 252 g/mol. The van der Waals surface area contributed by atoms with E-state index in [0.29, 0.717) is 31.2 Å². The number of carbonyl (C=O) groups is 1. The Labute approximate surface area is 124 Å². The van der Waals surface area contributed by atoms with Gasteiger partial charge in [0.15, 0.2) is 0 Å². The van der Waals surface area contributed by atoms with Gasteiger partial charge in [0.2, 0.25) is 5.91 Å². The van der Waals surface area contributed by atoms with Crippen molar-refractivity contribution < 1.29 is 9.53 Å². The minimum Gasteiger partial charge on any atom is -0.383 e. The molecule has 1 aliphatic rings. The van der Waals surface area contributed by atoms with Crippen LogP contribution >= 0.6 is 0 Å². The highest BCUT2D eigenvalue weighted by atomic mass is 16.5. The molecule has 2 unspecified atom stereocenters. The highest BCUT2D eigenvalue weighted by Gasteiger charge is 2.27. The van der Waals surface area contributed by atoms with E-state index in [1.807, 2.05) is 0 Å². The summed E-state index contributed by atoms with van der Waals surface area (Å²) in [6.45, 7) is 8.61. The molecule has 0 heterocycles. The molecule has 0 saturated heterocycles. The summed E-state index contributed by atoms with van der Waals surface area (Å²) in [5, 5.41) is 6.25. The fourth-order valence-corrected chi connectivity index (χ4v) is 2.96. The van der Waals surface area contributed by atoms with Crippen molar-refractivity contribution in [2.24, 2.45) is 11.3 Å². The van der Waals surface area contributed by atoms with E-state index in [-0.39, 0.29) is 5.91 Å². The van der Waals surface area contributed by atoms with Gasteiger partial charge < -0.3 is 15.4 Å². The second-order valence-electron chi connectivity index (χ2n) is 6.99. The lowest BCUT2D eigenvalue weighted by Crippen LogP contribution is -2.40. The molecule has 0 aromatic heterocycles. The van der Waals surface area contributed by atoms with Gasteiger partial charge >= 0.3 is 0 Å². The predicted molar refractivity (Wildman–Crippen MR) is 82.7 cm³/mol. The molecule has 1 saturated carbocycles. The first-order valence-corrected chi connectivity index (χ1v) is 7.92. The van der Waals surface area contributed by atoms with E-state index in [0.717, 1.165) is 5.92 Å². The summed E-state index contributed by atoms with van der Waals surface area (Å²) >= 11 is 0. The van der Waals surface area contributed by atoms with Crippen LogP contribution in [0.1, 0.15) is 52.9 Å². The Kier molecular flexibility index (Phi) is 7.52. The van der Waals surface area contributed by atoms with Gasteiger partial charge in [-0.1, -0.05) is 27.2 Å². The van der Waals surface area contributed by atoms with Crippen molar-refractivity contribution in [3.05, 3.63) is 0 Å². The van der Waals surface area contributed by atoms with E-state index in [9.17, 15) is 4.79 Å². The first kappa shape index (κ1) is 17.4. The molecule has 4 heteroatoms. The lowest BCUT2D eigenvalue weighted by Gasteiger charge is -2.29. The third-order valence-electron chi connectivity index (χ3n) is 4.37. The van der Waals surface area contributed by atoms with Crippen LogP contribution in [0.25, 0.3) is 0 Å². The standard InChI is InChI=1S/C16H32N2O2/c1-16(2,3)13-6-5-7-14(9-8-13)18-12-15(19)17-10-11-20-4/h13-14,18H,5-12H2,1-4H3,(H,17,19). The number of ether oxygens (including phenoxy) is 1. The van der Waals surface area contributed by atoms with Crippen LogP contribution in [0.15, 0.2) is 0 Å². The predicted octanol–water partition coefficient (Wildman–Crippen LogP) is 2.33. The van der Waals surface area contributed by atoms with Crippen LogP contribution in [-0.2, 0) is 9.53 Å². The van der Waals surface area contributed by atoms with Gasteiger partial charge in [0.1, 0.15) is 0 Å². The van der Waals surface area contributed by atoms with Crippen molar-refractivity contribution in [2.75, 3.05) is 26.8 Å². The molecule has 0 spiro atoms. The van der Waals surface area contributed by atoms with Gasteiger partial charge in [0, 0.05) is 19.7 Å². The number of hydrogen-bond acceptors (Lipinski definition) is 3. The molecule has 0 aromatic carbocycles. The summed E-state index contributed by atoms with van der Waals surface area (Å²) in [7, 11) is 1.64. The van der Waals surface area contributed by atoms with Crippen LogP contribution in [0.3, 0.4) is 0 Å². The first-order valence-electron chi connectivity index (χ1n) is 7.92. The Morgan fingerprint density at radius 3 is 2.60 bits per heavy atom. The quantitative estimate of drug-likeness (QED) is 0.581. The molecule has 0 radical (unpaired) electrons. The monoisotopic (exact) mass is 284 g/mol. The summed E-state index contributed by atoms with van der Waals surface area (Å²) in [4.78, 5) is 11.6. The molecule has 20 heavy (non-hydrogen) atoms. The normalized spacial score (nSPS) is 24.2. The molecule has 4 nitrogen and oxygen atoms in total. The minimum absolute atomic E-state index is 0.0682. The van der Waals surface area contributed by atoms with Crippen LogP contribution in [0.4, 0.5) is 0 Å². The van der Waals surface area contributed by atoms with Crippen molar-refractivity contribution in [3.63, 3.8) is 0 Å². The van der Waals surface area contributed by atoms with Crippen LogP contribution < -0.4 is 10.6 Å². The summed E-state index contributed by atoms with van der Waals surface area (Å²) in [5.41, 5.74) is 0.409. The first-order chi connectivity index (χ1) is 9.43. The number of rotatable bonds is 6. The minimum atomic E-state index is 0.0682. The Morgan fingerprint density at radius 1 is 1.20 bits per heavy atom. The zero-order chi connectivity index (χ0) is 15.0. The zero-order valence-corrected chi connectivity index (χ0v) is 13.6. The summed E-state index contributed by atoms with van der Waals surface area (Å²) in [6.07, 6.45) is 6.24. The second kappa shape index (κ2) is 8.63. The van der Waals surface area contributed by atoms with E-state index in [1.54, 1.807) is 7.11 Å². The Balaban J connectivity index is 2.23. The molecule has 0 aliphatic heterocycles. The third-order valence-corrected chi connectivity index (χ3v) is 4.37. The van der Waals surface area contributed by atoms with Gasteiger partial charge in [0.05, 0.1) is 13.2 Å². The molecule has 2 N–H and O–H groups in total. The molecule has 1 aliphatic carbocycles. The van der Waals surface area contributed by atoms with Crippen LogP contribution in [0, 0.1) is 11.3 Å². The molecule has 1 rings (SSSR count). The van der Waals surface area contributed by atoms with E-state index in [1.165, 1.54) is 32.1 Å². The molecule has 0 aromatic rings. The molecular formula is C16H32N2O2. The summed E-state index contributed by atoms with van der Waals surface area (Å²) in [6, 6.07) is 0.496. The average molecular weight is 284 g/mol. The maximum atomic E-state index is 11.6. The SMILES string of the molecule is COCCNC(=O)CNC1CCCC(C(C)(C)C)CC1. The van der Waals surface area contributed by atoms with Crippen molar-refractivity contribution in [1.82, 2.24) is 10.6 Å². The van der Waals surface area contributed by atoms with Crippen molar-refractivity contribution >= 4 is 5.91 Å². The fourth-order valence-electron chi connectivity index (χ4n) is 2.96. The van der Waals surface area contributed by atoms with Crippen LogP contribution in [0.2, 0.25) is 0 Å². The average Bonchev–Trinajstić information content (AvgIpc) is 2.61. The molecule has 2 atom stereocenters. The number of nitrogens with one attached hydrogen (secondary N) is 2. The number of carbonyl (C=O) groups excluding carboxylic acids is 1. The van der Waals surface area contributed by atoms with Gasteiger partial charge in [-0.05, 0) is 37.0 Å². The third kappa shape index (κ3) is 6.71. The smallest absolute Gasteiger partial charge is 0.234 e. The Morgan fingerprint density at radius 2 is 1.95 bits per heavy atom. The topological polar surface area (TPSA) is 50.4 Å². The summed E-state index contributed by atoms with van der Waals surface area (Å²) in [5.74, 6) is 0.878. The van der Waals surface area contributed by atoms with Crippen LogP contribution in [-0.4, -0.2) is 38.8 Å². The van der Waals surface area contributed by atoms with E-state index < -0.39 is 0 Å². The zero-order valence-electron chi connectivity index (χ0n) is 13.6. The second-order valence-corrected chi connectivity index (χ2v) is 6.99. The van der Waals surface area contributed by atoms with Crippen molar-refractivity contribution in [1.29, 1.82) is 0 Å². The van der Waals surface area contributed by atoms with Gasteiger partial charge in [-0.15, -0.1) is 0 Å². The lowest BCUT2D eigenvalue weighted by molar-refractivity contribution is -0.120. The molecule has 118 valence electrons. The highest BCUT2D eigenvalue weighted by Crippen LogP contribution is 2.36. The van der Waals surface area contributed by atoms with Gasteiger partial charge in [-0.2, -0.15) is 0 Å². The van der Waals surface area contributed by atoms with Crippen molar-refractivity contribution in [2.45, 2.75) is 58.9 Å². The van der Waals surface area contributed by atoms with Gasteiger partial charge in [-0.25, -0.2) is 0 Å². The number of hydrogen-bond donors (Lipinski definition) is 2. The van der Waals surface area contributed by atoms with E-state index in [2.05, 4.69) is 31.4 Å². The number of methoxy groups -OCH3 is 1.